The lowest BCUT2D eigenvalue weighted by molar-refractivity contribution is -0.183. The smallest absolute Gasteiger partial charge is 0.341 e. The second-order valence-electron chi connectivity index (χ2n) is 6.31. The molecule has 0 aromatic heterocycles. The molecule has 3 N–H and O–H groups in total. The molecule has 1 saturated heterocycles. The minimum Gasteiger partial charge on any atom is -0.459 e. The minimum atomic E-state index is -1.91. The number of rotatable bonds is 5. The number of fused-ring (bicyclic) bond motifs is 1. The van der Waals surface area contributed by atoms with Gasteiger partial charge < -0.3 is 20.1 Å². The Morgan fingerprint density at radius 3 is 2.76 bits per heavy atom. The summed E-state index contributed by atoms with van der Waals surface area (Å²) in [5.74, 6) is -1.28. The van der Waals surface area contributed by atoms with Crippen molar-refractivity contribution >= 4 is 5.97 Å². The van der Waals surface area contributed by atoms with Crippen LogP contribution in [0.15, 0.2) is 11.6 Å². The van der Waals surface area contributed by atoms with E-state index in [-0.39, 0.29) is 12.6 Å². The van der Waals surface area contributed by atoms with Gasteiger partial charge in [-0.3, -0.25) is 4.90 Å². The monoisotopic (exact) mass is 299 g/mol. The van der Waals surface area contributed by atoms with Crippen LogP contribution in [0.1, 0.15) is 27.2 Å². The Bertz CT molecular complexity index is 424. The molecule has 0 spiro atoms. The molecule has 2 aliphatic heterocycles. The number of carbonyl (C=O) groups excluding carboxylic acids is 1. The Labute approximate surface area is 125 Å². The fourth-order valence-corrected chi connectivity index (χ4v) is 3.18. The Balaban J connectivity index is 1.98. The van der Waals surface area contributed by atoms with Crippen molar-refractivity contribution in [1.29, 1.82) is 0 Å². The molecule has 2 aliphatic rings. The van der Waals surface area contributed by atoms with Crippen molar-refractivity contribution in [2.45, 2.75) is 51.0 Å². The van der Waals surface area contributed by atoms with Gasteiger partial charge in [-0.15, -0.1) is 0 Å². The average molecular weight is 299 g/mol. The van der Waals surface area contributed by atoms with Gasteiger partial charge in [-0.05, 0) is 24.8 Å². The lowest BCUT2D eigenvalue weighted by Crippen LogP contribution is -2.53. The highest BCUT2D eigenvalue weighted by Crippen LogP contribution is 2.30. The van der Waals surface area contributed by atoms with Gasteiger partial charge in [-0.25, -0.2) is 4.79 Å². The molecule has 6 nitrogen and oxygen atoms in total. The fourth-order valence-electron chi connectivity index (χ4n) is 3.18. The van der Waals surface area contributed by atoms with Crippen LogP contribution in [-0.2, 0) is 9.53 Å². The van der Waals surface area contributed by atoms with Gasteiger partial charge in [0, 0.05) is 13.1 Å². The lowest BCUT2D eigenvalue weighted by atomic mass is 9.85. The Morgan fingerprint density at radius 1 is 1.52 bits per heavy atom. The molecular formula is C15H25NO5. The second-order valence-corrected chi connectivity index (χ2v) is 6.31. The Kier molecular flexibility index (Phi) is 4.72. The standard InChI is InChI=1S/C15H25NO5/c1-9(2)15(20,10(3)17)14(19)21-8-11-4-6-16-7-5-12(18)13(11)16/h4,9-10,12-13,17-18,20H,5-8H2,1-3H3/t10?,12-,13+,15?/m0/s1. The van der Waals surface area contributed by atoms with E-state index in [4.69, 9.17) is 4.74 Å². The van der Waals surface area contributed by atoms with E-state index in [9.17, 15) is 20.1 Å². The summed E-state index contributed by atoms with van der Waals surface area (Å²) in [6, 6.07) is -0.0866. The Hall–Kier alpha value is -0.950. The fraction of sp³-hybridized carbons (Fsp3) is 0.800. The molecule has 1 fully saturated rings. The van der Waals surface area contributed by atoms with Gasteiger partial charge >= 0.3 is 5.97 Å². The molecule has 4 atom stereocenters. The number of aliphatic hydroxyl groups excluding tert-OH is 2. The summed E-state index contributed by atoms with van der Waals surface area (Å²) in [6.07, 6.45) is 1.03. The SMILES string of the molecule is CC(C)C(O)(C(=O)OCC1=CCN2CC[C@H](O)[C@@H]12)C(C)O. The minimum absolute atomic E-state index is 0.0405. The molecule has 2 heterocycles. The Morgan fingerprint density at radius 2 is 2.19 bits per heavy atom. The highest BCUT2D eigenvalue weighted by atomic mass is 16.6. The van der Waals surface area contributed by atoms with Crippen molar-refractivity contribution in [3.8, 4) is 0 Å². The van der Waals surface area contributed by atoms with Crippen molar-refractivity contribution in [3.05, 3.63) is 11.6 Å². The van der Waals surface area contributed by atoms with E-state index in [0.717, 1.165) is 25.1 Å². The number of nitrogens with zero attached hydrogens (tertiary/aromatic N) is 1. The topological polar surface area (TPSA) is 90.2 Å². The average Bonchev–Trinajstić information content (AvgIpc) is 2.98. The normalized spacial score (nSPS) is 30.0. The van der Waals surface area contributed by atoms with Gasteiger partial charge in [0.2, 0.25) is 0 Å². The van der Waals surface area contributed by atoms with Crippen molar-refractivity contribution in [2.75, 3.05) is 19.7 Å². The first-order chi connectivity index (χ1) is 9.78. The predicted molar refractivity (Wildman–Crippen MR) is 76.5 cm³/mol. The number of hydrogen-bond donors (Lipinski definition) is 3. The molecule has 2 rings (SSSR count). The molecule has 0 aliphatic carbocycles. The first-order valence-corrected chi connectivity index (χ1v) is 7.47. The second kappa shape index (κ2) is 6.04. The molecular weight excluding hydrogens is 274 g/mol. The van der Waals surface area contributed by atoms with Crippen LogP contribution in [0, 0.1) is 5.92 Å². The maximum Gasteiger partial charge on any atom is 0.341 e. The van der Waals surface area contributed by atoms with Gasteiger partial charge in [0.25, 0.3) is 0 Å². The third-order valence-corrected chi connectivity index (χ3v) is 4.65. The zero-order valence-electron chi connectivity index (χ0n) is 12.8. The quantitative estimate of drug-likeness (QED) is 0.476. The van der Waals surface area contributed by atoms with E-state index >= 15 is 0 Å². The number of carbonyl (C=O) groups is 1. The molecule has 2 unspecified atom stereocenters. The van der Waals surface area contributed by atoms with Gasteiger partial charge in [0.15, 0.2) is 5.60 Å². The maximum absolute atomic E-state index is 12.1. The molecule has 0 aromatic rings. The maximum atomic E-state index is 12.1. The third-order valence-electron chi connectivity index (χ3n) is 4.65. The van der Waals surface area contributed by atoms with E-state index < -0.39 is 29.7 Å². The van der Waals surface area contributed by atoms with Crippen LogP contribution in [0.5, 0.6) is 0 Å². The summed E-state index contributed by atoms with van der Waals surface area (Å²) in [5, 5.41) is 30.0. The largest absolute Gasteiger partial charge is 0.459 e. The predicted octanol–water partition coefficient (Wildman–Crippen LogP) is -0.327. The first kappa shape index (κ1) is 16.4. The third kappa shape index (κ3) is 2.85. The molecule has 0 saturated carbocycles. The highest BCUT2D eigenvalue weighted by Gasteiger charge is 2.46. The number of ether oxygens (including phenoxy) is 1. The highest BCUT2D eigenvalue weighted by molar-refractivity contribution is 5.80. The van der Waals surface area contributed by atoms with Gasteiger partial charge in [-0.2, -0.15) is 0 Å². The van der Waals surface area contributed by atoms with Crippen molar-refractivity contribution in [1.82, 2.24) is 4.90 Å². The van der Waals surface area contributed by atoms with Crippen molar-refractivity contribution < 1.29 is 24.9 Å². The van der Waals surface area contributed by atoms with Crippen LogP contribution in [-0.4, -0.2) is 69.7 Å². The van der Waals surface area contributed by atoms with Crippen molar-refractivity contribution in [2.24, 2.45) is 5.92 Å². The number of esters is 1. The summed E-state index contributed by atoms with van der Waals surface area (Å²) in [5.41, 5.74) is -1.04. The summed E-state index contributed by atoms with van der Waals surface area (Å²) in [6.45, 7) is 6.32. The summed E-state index contributed by atoms with van der Waals surface area (Å²) in [7, 11) is 0. The van der Waals surface area contributed by atoms with Crippen LogP contribution in [0.25, 0.3) is 0 Å². The summed E-state index contributed by atoms with van der Waals surface area (Å²) in [4.78, 5) is 14.3. The lowest BCUT2D eigenvalue weighted by Gasteiger charge is -2.32. The van der Waals surface area contributed by atoms with Crippen molar-refractivity contribution in [3.63, 3.8) is 0 Å². The van der Waals surface area contributed by atoms with E-state index in [1.165, 1.54) is 6.92 Å². The van der Waals surface area contributed by atoms with Gasteiger partial charge in [-0.1, -0.05) is 19.9 Å². The molecule has 0 aromatic carbocycles. The van der Waals surface area contributed by atoms with E-state index in [2.05, 4.69) is 4.90 Å². The number of aliphatic hydroxyl groups is 3. The first-order valence-electron chi connectivity index (χ1n) is 7.47. The summed E-state index contributed by atoms with van der Waals surface area (Å²) >= 11 is 0. The summed E-state index contributed by atoms with van der Waals surface area (Å²) < 4.78 is 5.22. The molecule has 21 heavy (non-hydrogen) atoms. The van der Waals surface area contributed by atoms with E-state index in [1.807, 2.05) is 6.08 Å². The zero-order valence-corrected chi connectivity index (χ0v) is 12.8. The van der Waals surface area contributed by atoms with Crippen LogP contribution in [0.3, 0.4) is 0 Å². The van der Waals surface area contributed by atoms with Gasteiger partial charge in [0.1, 0.15) is 6.61 Å². The zero-order chi connectivity index (χ0) is 15.8. The molecule has 120 valence electrons. The van der Waals surface area contributed by atoms with E-state index in [1.54, 1.807) is 13.8 Å². The molecule has 0 amide bonds. The molecule has 6 heteroatoms. The van der Waals surface area contributed by atoms with Crippen LogP contribution in [0.2, 0.25) is 0 Å². The van der Waals surface area contributed by atoms with Crippen LogP contribution < -0.4 is 0 Å². The van der Waals surface area contributed by atoms with Crippen LogP contribution in [0.4, 0.5) is 0 Å². The number of hydrogen-bond acceptors (Lipinski definition) is 6. The molecule has 0 bridgehead atoms. The van der Waals surface area contributed by atoms with Gasteiger partial charge in [0.05, 0.1) is 18.2 Å². The van der Waals surface area contributed by atoms with Crippen LogP contribution >= 0.6 is 0 Å². The molecule has 0 radical (unpaired) electrons. The van der Waals surface area contributed by atoms with E-state index in [0.29, 0.717) is 0 Å².